The van der Waals surface area contributed by atoms with Crippen molar-refractivity contribution in [2.75, 3.05) is 5.73 Å². The van der Waals surface area contributed by atoms with Gasteiger partial charge in [-0.2, -0.15) is 0 Å². The highest BCUT2D eigenvalue weighted by atomic mass is 32.1. The molecule has 48 heavy (non-hydrogen) atoms. The summed E-state index contributed by atoms with van der Waals surface area (Å²) in [5.41, 5.74) is 10.0. The molecule has 0 aliphatic heterocycles. The second-order valence-electron chi connectivity index (χ2n) is 10.6. The summed E-state index contributed by atoms with van der Waals surface area (Å²) in [4.78, 5) is 4.87. The monoisotopic (exact) mass is 666 g/mol. The van der Waals surface area contributed by atoms with Crippen LogP contribution in [0.1, 0.15) is 23.1 Å². The smallest absolute Gasteiger partial charge is 0.150 e. The molecule has 6 heteroatoms. The van der Waals surface area contributed by atoms with Gasteiger partial charge in [0.05, 0.1) is 17.4 Å². The number of para-hydroxylation sites is 5. The molecule has 6 aromatic carbocycles. The topological polar surface area (TPSA) is 56.8 Å². The van der Waals surface area contributed by atoms with Crippen LogP contribution in [0, 0.1) is 0 Å². The number of aliphatic imine (C=N–C) groups is 1. The van der Waals surface area contributed by atoms with Crippen molar-refractivity contribution in [2.45, 2.75) is 25.8 Å². The maximum atomic E-state index is 6.01. The molecule has 0 bridgehead atoms. The van der Waals surface area contributed by atoms with Crippen LogP contribution in [0.2, 0.25) is 0 Å². The Morgan fingerprint density at radius 2 is 1.02 bits per heavy atom. The van der Waals surface area contributed by atoms with Gasteiger partial charge in [0.1, 0.15) is 23.0 Å². The third kappa shape index (κ3) is 13.1. The SMILES string of the molecule is Nc1ccccc1Oc1ccccc1.S=C(CCc1ccccc1)Cc1ccccc1Oc1ccccc1.S=C=NCc1ccccc1. The van der Waals surface area contributed by atoms with Crippen molar-refractivity contribution in [1.82, 2.24) is 0 Å². The van der Waals surface area contributed by atoms with Crippen molar-refractivity contribution < 1.29 is 9.47 Å². The van der Waals surface area contributed by atoms with E-state index < -0.39 is 0 Å². The lowest BCUT2D eigenvalue weighted by molar-refractivity contribution is 0.478. The fourth-order valence-electron chi connectivity index (χ4n) is 4.49. The summed E-state index contributed by atoms with van der Waals surface area (Å²) in [5.74, 6) is 3.22. The molecule has 0 aliphatic carbocycles. The number of hydrogen-bond donors (Lipinski definition) is 1. The normalized spacial score (nSPS) is 9.75. The van der Waals surface area contributed by atoms with E-state index in [1.54, 1.807) is 0 Å². The van der Waals surface area contributed by atoms with Crippen LogP contribution in [0.25, 0.3) is 0 Å². The minimum absolute atomic E-state index is 0.643. The average Bonchev–Trinajstić information content (AvgIpc) is 3.14. The van der Waals surface area contributed by atoms with E-state index in [0.717, 1.165) is 46.9 Å². The van der Waals surface area contributed by atoms with E-state index in [1.807, 2.05) is 140 Å². The molecule has 240 valence electrons. The third-order valence-electron chi connectivity index (χ3n) is 6.93. The number of anilines is 1. The van der Waals surface area contributed by atoms with Crippen LogP contribution in [0.5, 0.6) is 23.0 Å². The molecule has 6 aromatic rings. The summed E-state index contributed by atoms with van der Waals surface area (Å²) in [6, 6.07) is 55.4. The maximum absolute atomic E-state index is 6.01. The van der Waals surface area contributed by atoms with Crippen LogP contribution < -0.4 is 15.2 Å². The lowest BCUT2D eigenvalue weighted by atomic mass is 10.0. The number of thiocarbonyl (C=S) groups is 2. The molecule has 0 heterocycles. The Morgan fingerprint density at radius 3 is 1.58 bits per heavy atom. The zero-order valence-corrected chi connectivity index (χ0v) is 28.3. The number of rotatable bonds is 11. The van der Waals surface area contributed by atoms with Crippen LogP contribution >= 0.6 is 24.4 Å². The molecule has 2 N–H and O–H groups in total. The molecule has 0 radical (unpaired) electrons. The quantitative estimate of drug-likeness (QED) is 0.0847. The number of nitrogen functional groups attached to an aromatic ring is 1. The Hall–Kier alpha value is -5.39. The van der Waals surface area contributed by atoms with Gasteiger partial charge < -0.3 is 15.2 Å². The van der Waals surface area contributed by atoms with E-state index in [4.69, 9.17) is 27.4 Å². The van der Waals surface area contributed by atoms with Gasteiger partial charge in [0.15, 0.2) is 0 Å². The standard InChI is InChI=1S/C22H20OS.C12H11NO.C8H7NS/c24-21(16-15-18-9-3-1-4-10-18)17-19-11-7-8-14-22(19)23-20-12-5-2-6-13-20;13-11-8-4-5-9-12(11)14-10-6-2-1-3-7-10;10-7-9-6-8-4-2-1-3-5-8/h1-14H,15-17H2;1-9H,13H2;1-5H,6H2. The van der Waals surface area contributed by atoms with Crippen molar-refractivity contribution in [1.29, 1.82) is 0 Å². The van der Waals surface area contributed by atoms with Gasteiger partial charge in [-0.1, -0.05) is 140 Å². The molecular weight excluding hydrogens is 629 g/mol. The van der Waals surface area contributed by atoms with Crippen LogP contribution in [0.15, 0.2) is 175 Å². The lowest BCUT2D eigenvalue weighted by Gasteiger charge is -2.12. The Balaban J connectivity index is 0.000000182. The Morgan fingerprint density at radius 1 is 0.562 bits per heavy atom. The van der Waals surface area contributed by atoms with E-state index in [2.05, 4.69) is 52.7 Å². The molecule has 0 saturated heterocycles. The summed E-state index contributed by atoms with van der Waals surface area (Å²) in [6.07, 6.45) is 2.67. The second-order valence-corrected chi connectivity index (χ2v) is 11.3. The molecule has 0 aromatic heterocycles. The summed E-state index contributed by atoms with van der Waals surface area (Å²) in [7, 11) is 0. The van der Waals surface area contributed by atoms with Crippen molar-refractivity contribution >= 4 is 40.1 Å². The molecule has 0 unspecified atom stereocenters. The first-order valence-corrected chi connectivity index (χ1v) is 16.4. The largest absolute Gasteiger partial charge is 0.457 e. The maximum Gasteiger partial charge on any atom is 0.150 e. The first kappa shape index (κ1) is 35.5. The van der Waals surface area contributed by atoms with E-state index >= 15 is 0 Å². The van der Waals surface area contributed by atoms with Gasteiger partial charge in [-0.05, 0) is 89.1 Å². The fraction of sp³-hybridized carbons (Fsp3) is 0.0952. The summed E-state index contributed by atoms with van der Waals surface area (Å²) < 4.78 is 11.6. The van der Waals surface area contributed by atoms with Crippen LogP contribution in [0.4, 0.5) is 5.69 Å². The number of nitrogens with zero attached hydrogens (tertiary/aromatic N) is 1. The van der Waals surface area contributed by atoms with E-state index in [-0.39, 0.29) is 0 Å². The summed E-state index contributed by atoms with van der Waals surface area (Å²) >= 11 is 10.0. The predicted molar refractivity (Wildman–Crippen MR) is 207 cm³/mol. The first-order chi connectivity index (χ1) is 23.6. The van der Waals surface area contributed by atoms with Crippen LogP contribution in [0.3, 0.4) is 0 Å². The summed E-state index contributed by atoms with van der Waals surface area (Å²) in [6.45, 7) is 0.643. The molecule has 0 spiro atoms. The number of isothiocyanates is 1. The van der Waals surface area contributed by atoms with Gasteiger partial charge in [0.2, 0.25) is 0 Å². The number of aryl methyl sites for hydroxylation is 1. The minimum Gasteiger partial charge on any atom is -0.457 e. The highest BCUT2D eigenvalue weighted by Gasteiger charge is 2.08. The van der Waals surface area contributed by atoms with E-state index in [9.17, 15) is 0 Å². The third-order valence-corrected chi connectivity index (χ3v) is 7.40. The van der Waals surface area contributed by atoms with Crippen molar-refractivity contribution in [3.05, 3.63) is 187 Å². The number of nitrogens with two attached hydrogens (primary N) is 1. The van der Waals surface area contributed by atoms with Gasteiger partial charge in [-0.3, -0.25) is 0 Å². The molecular formula is C42H38N2O2S2. The predicted octanol–water partition coefficient (Wildman–Crippen LogP) is 11.4. The highest BCUT2D eigenvalue weighted by molar-refractivity contribution is 7.80. The van der Waals surface area contributed by atoms with Crippen molar-refractivity contribution in [2.24, 2.45) is 4.99 Å². The van der Waals surface area contributed by atoms with Gasteiger partial charge >= 0.3 is 0 Å². The second kappa shape index (κ2) is 20.7. The lowest BCUT2D eigenvalue weighted by Crippen LogP contribution is -2.03. The zero-order chi connectivity index (χ0) is 33.7. The number of hydrogen-bond acceptors (Lipinski definition) is 6. The Labute approximate surface area is 294 Å². The molecule has 0 atom stereocenters. The van der Waals surface area contributed by atoms with E-state index in [1.165, 1.54) is 11.1 Å². The van der Waals surface area contributed by atoms with Crippen LogP contribution in [-0.2, 0) is 19.4 Å². The van der Waals surface area contributed by atoms with Gasteiger partial charge in [-0.15, -0.1) is 0 Å². The number of ether oxygens (including phenoxy) is 2. The Bertz CT molecular complexity index is 1850. The molecule has 0 aliphatic rings. The number of benzene rings is 6. The molecule has 0 saturated carbocycles. The fourth-order valence-corrected chi connectivity index (χ4v) is 4.81. The minimum atomic E-state index is 0.643. The van der Waals surface area contributed by atoms with Crippen molar-refractivity contribution in [3.63, 3.8) is 0 Å². The highest BCUT2D eigenvalue weighted by Crippen LogP contribution is 2.27. The van der Waals surface area contributed by atoms with Gasteiger partial charge in [-0.25, -0.2) is 4.99 Å². The molecule has 4 nitrogen and oxygen atoms in total. The van der Waals surface area contributed by atoms with Gasteiger partial charge in [0, 0.05) is 6.42 Å². The van der Waals surface area contributed by atoms with Crippen molar-refractivity contribution in [3.8, 4) is 23.0 Å². The summed E-state index contributed by atoms with van der Waals surface area (Å²) in [5, 5.41) is 2.32. The Kier molecular flexibility index (Phi) is 15.3. The molecule has 0 fully saturated rings. The molecule has 6 rings (SSSR count). The van der Waals surface area contributed by atoms with Crippen LogP contribution in [-0.4, -0.2) is 10.0 Å². The zero-order valence-electron chi connectivity index (χ0n) is 26.7. The van der Waals surface area contributed by atoms with E-state index in [0.29, 0.717) is 18.0 Å². The first-order valence-electron chi connectivity index (χ1n) is 15.6. The van der Waals surface area contributed by atoms with Gasteiger partial charge in [0.25, 0.3) is 0 Å². The molecule has 0 amide bonds. The average molecular weight is 667 g/mol.